The molecule has 0 spiro atoms. The Bertz CT molecular complexity index is 1150. The van der Waals surface area contributed by atoms with Gasteiger partial charge in [-0.05, 0) is 49.2 Å². The van der Waals surface area contributed by atoms with Crippen molar-refractivity contribution in [3.63, 3.8) is 0 Å². The highest BCUT2D eigenvalue weighted by Gasteiger charge is 2.23. The van der Waals surface area contributed by atoms with Gasteiger partial charge in [-0.25, -0.2) is 0 Å². The summed E-state index contributed by atoms with van der Waals surface area (Å²) >= 11 is 6.09. The van der Waals surface area contributed by atoms with Gasteiger partial charge >= 0.3 is 0 Å². The topological polar surface area (TPSA) is 77.4 Å². The molecule has 3 heterocycles. The number of carbonyl (C=O) groups is 1. The van der Waals surface area contributed by atoms with E-state index in [1.807, 2.05) is 48.7 Å². The molecule has 0 unspecified atom stereocenters. The number of nitrogens with zero attached hydrogens (tertiary/aromatic N) is 4. The fourth-order valence-electron chi connectivity index (χ4n) is 4.26. The van der Waals surface area contributed by atoms with Gasteiger partial charge in [-0.15, -0.1) is 0 Å². The third-order valence-electron chi connectivity index (χ3n) is 6.22. The number of rotatable bonds is 7. The molecule has 3 aromatic rings. The normalized spacial score (nSPS) is 14.8. The summed E-state index contributed by atoms with van der Waals surface area (Å²) in [5.74, 6) is 1.19. The van der Waals surface area contributed by atoms with E-state index in [-0.39, 0.29) is 5.91 Å². The molecule has 1 aliphatic rings. The quantitative estimate of drug-likeness (QED) is 0.570. The molecule has 0 radical (unpaired) electrons. The number of anilines is 1. The molecule has 0 aliphatic carbocycles. The second-order valence-corrected chi connectivity index (χ2v) is 8.88. The monoisotopic (exact) mass is 465 g/mol. The van der Waals surface area contributed by atoms with Crippen molar-refractivity contribution in [2.24, 2.45) is 0 Å². The molecule has 1 aliphatic heterocycles. The van der Waals surface area contributed by atoms with Gasteiger partial charge in [0, 0.05) is 43.4 Å². The van der Waals surface area contributed by atoms with Crippen LogP contribution in [-0.2, 0) is 17.9 Å². The van der Waals surface area contributed by atoms with Crippen molar-refractivity contribution in [2.75, 3.05) is 38.0 Å². The summed E-state index contributed by atoms with van der Waals surface area (Å²) < 4.78 is 7.42. The Morgan fingerprint density at radius 2 is 1.88 bits per heavy atom. The second kappa shape index (κ2) is 10.3. The number of benzene rings is 1. The second-order valence-electron chi connectivity index (χ2n) is 8.44. The van der Waals surface area contributed by atoms with Crippen molar-refractivity contribution in [3.8, 4) is 6.07 Å². The van der Waals surface area contributed by atoms with Gasteiger partial charge in [0.15, 0.2) is 0 Å². The van der Waals surface area contributed by atoms with E-state index < -0.39 is 0 Å². The van der Waals surface area contributed by atoms with Crippen molar-refractivity contribution in [1.82, 2.24) is 14.4 Å². The van der Waals surface area contributed by atoms with Gasteiger partial charge in [0.05, 0.1) is 24.9 Å². The van der Waals surface area contributed by atoms with Crippen LogP contribution in [-0.4, -0.2) is 53.0 Å². The minimum absolute atomic E-state index is 0.118. The molecule has 0 saturated carbocycles. The van der Waals surface area contributed by atoms with E-state index in [4.69, 9.17) is 16.0 Å². The fraction of sp³-hybridized carbons (Fsp3) is 0.360. The summed E-state index contributed by atoms with van der Waals surface area (Å²) in [6.07, 6.45) is 1.62. The van der Waals surface area contributed by atoms with E-state index in [0.717, 1.165) is 54.8 Å². The number of halogens is 1. The number of aromatic nitrogens is 1. The zero-order chi connectivity index (χ0) is 23.4. The number of hydrogen-bond acceptors (Lipinski definition) is 5. The molecule has 4 rings (SSSR count). The number of nitrogens with one attached hydrogen (secondary N) is 1. The van der Waals surface area contributed by atoms with Crippen LogP contribution >= 0.6 is 11.6 Å². The highest BCUT2D eigenvalue weighted by molar-refractivity contribution is 6.30. The van der Waals surface area contributed by atoms with E-state index in [0.29, 0.717) is 24.5 Å². The Kier molecular flexibility index (Phi) is 7.19. The van der Waals surface area contributed by atoms with Gasteiger partial charge in [-0.3, -0.25) is 14.6 Å². The SMILES string of the molecule is Cc1c(C#N)c(NC(=O)CN2CCN(Cc3cccc(Cl)c3)CC2)n(Cc2ccco2)c1C. The van der Waals surface area contributed by atoms with Crippen molar-refractivity contribution >= 4 is 23.3 Å². The summed E-state index contributed by atoms with van der Waals surface area (Å²) in [5.41, 5.74) is 3.50. The maximum Gasteiger partial charge on any atom is 0.239 e. The number of piperazine rings is 1. The van der Waals surface area contributed by atoms with Crippen LogP contribution in [0.15, 0.2) is 47.1 Å². The molecular weight excluding hydrogens is 438 g/mol. The van der Waals surface area contributed by atoms with Crippen LogP contribution in [0.1, 0.15) is 28.1 Å². The average Bonchev–Trinajstić information content (AvgIpc) is 3.38. The molecular formula is C25H28ClN5O2. The van der Waals surface area contributed by atoms with E-state index >= 15 is 0 Å². The Labute approximate surface area is 199 Å². The Hall–Kier alpha value is -3.05. The highest BCUT2D eigenvalue weighted by atomic mass is 35.5. The zero-order valence-electron chi connectivity index (χ0n) is 19.0. The molecule has 0 atom stereocenters. The van der Waals surface area contributed by atoms with E-state index in [1.165, 1.54) is 5.56 Å². The summed E-state index contributed by atoms with van der Waals surface area (Å²) in [6, 6.07) is 13.9. The first-order valence-corrected chi connectivity index (χ1v) is 11.4. The van der Waals surface area contributed by atoms with Crippen LogP contribution in [0.25, 0.3) is 0 Å². The Morgan fingerprint density at radius 3 is 2.55 bits per heavy atom. The maximum atomic E-state index is 12.9. The maximum absolute atomic E-state index is 12.9. The van der Waals surface area contributed by atoms with Gasteiger partial charge in [0.1, 0.15) is 17.6 Å². The van der Waals surface area contributed by atoms with E-state index in [9.17, 15) is 10.1 Å². The van der Waals surface area contributed by atoms with Crippen LogP contribution in [0.3, 0.4) is 0 Å². The predicted molar refractivity (Wildman–Crippen MR) is 128 cm³/mol. The third kappa shape index (κ3) is 5.48. The number of furan rings is 1. The molecule has 1 fully saturated rings. The summed E-state index contributed by atoms with van der Waals surface area (Å²) in [4.78, 5) is 17.4. The van der Waals surface area contributed by atoms with Crippen molar-refractivity contribution in [3.05, 3.63) is 75.8 Å². The van der Waals surface area contributed by atoms with Crippen LogP contribution in [0, 0.1) is 25.2 Å². The lowest BCUT2D eigenvalue weighted by atomic mass is 10.2. The minimum Gasteiger partial charge on any atom is -0.467 e. The van der Waals surface area contributed by atoms with Crippen molar-refractivity contribution in [2.45, 2.75) is 26.9 Å². The lowest BCUT2D eigenvalue weighted by Crippen LogP contribution is -2.48. The first-order chi connectivity index (χ1) is 15.9. The summed E-state index contributed by atoms with van der Waals surface area (Å²) in [7, 11) is 0. The van der Waals surface area contributed by atoms with Crippen LogP contribution in [0.4, 0.5) is 5.82 Å². The van der Waals surface area contributed by atoms with Gasteiger partial charge < -0.3 is 14.3 Å². The lowest BCUT2D eigenvalue weighted by Gasteiger charge is -2.34. The number of hydrogen-bond donors (Lipinski definition) is 1. The van der Waals surface area contributed by atoms with Crippen LogP contribution in [0.5, 0.6) is 0 Å². The fourth-order valence-corrected chi connectivity index (χ4v) is 4.47. The number of nitriles is 1. The van der Waals surface area contributed by atoms with Gasteiger partial charge in [0.25, 0.3) is 0 Å². The van der Waals surface area contributed by atoms with Crippen LogP contribution < -0.4 is 5.32 Å². The lowest BCUT2D eigenvalue weighted by molar-refractivity contribution is -0.117. The zero-order valence-corrected chi connectivity index (χ0v) is 19.7. The molecule has 0 bridgehead atoms. The summed E-state index contributed by atoms with van der Waals surface area (Å²) in [6.45, 7) is 8.85. The van der Waals surface area contributed by atoms with Gasteiger partial charge in [-0.2, -0.15) is 5.26 Å². The molecule has 2 aromatic heterocycles. The van der Waals surface area contributed by atoms with Crippen molar-refractivity contribution < 1.29 is 9.21 Å². The van der Waals surface area contributed by atoms with E-state index in [1.54, 1.807) is 6.26 Å². The molecule has 1 N–H and O–H groups in total. The highest BCUT2D eigenvalue weighted by Crippen LogP contribution is 2.27. The molecule has 1 aromatic carbocycles. The van der Waals surface area contributed by atoms with E-state index in [2.05, 4.69) is 27.3 Å². The third-order valence-corrected chi connectivity index (χ3v) is 6.46. The van der Waals surface area contributed by atoms with Crippen molar-refractivity contribution in [1.29, 1.82) is 5.26 Å². The molecule has 33 heavy (non-hydrogen) atoms. The predicted octanol–water partition coefficient (Wildman–Crippen LogP) is 4.03. The molecule has 1 amide bonds. The summed E-state index contributed by atoms with van der Waals surface area (Å²) in [5, 5.41) is 13.5. The van der Waals surface area contributed by atoms with Gasteiger partial charge in [0.2, 0.25) is 5.91 Å². The number of amides is 1. The molecule has 7 nitrogen and oxygen atoms in total. The number of carbonyl (C=O) groups excluding carboxylic acids is 1. The molecule has 172 valence electrons. The average molecular weight is 466 g/mol. The Balaban J connectivity index is 1.36. The molecule has 8 heteroatoms. The largest absolute Gasteiger partial charge is 0.467 e. The Morgan fingerprint density at radius 1 is 1.12 bits per heavy atom. The molecule has 1 saturated heterocycles. The standard InChI is InChI=1S/C25H28ClN5O2/c1-18-19(2)31(16-22-7-4-12-33-22)25(23(18)14-27)28-24(32)17-30-10-8-29(9-11-30)15-20-5-3-6-21(26)13-20/h3-7,12-13H,8-11,15-17H2,1-2H3,(H,28,32). The first-order valence-electron chi connectivity index (χ1n) is 11.1. The van der Waals surface area contributed by atoms with Crippen LogP contribution in [0.2, 0.25) is 5.02 Å². The minimum atomic E-state index is -0.118. The van der Waals surface area contributed by atoms with Gasteiger partial charge in [-0.1, -0.05) is 23.7 Å². The smallest absolute Gasteiger partial charge is 0.239 e. The first kappa shape index (κ1) is 23.1.